The summed E-state index contributed by atoms with van der Waals surface area (Å²) in [6, 6.07) is 10.0. The molecule has 1 saturated heterocycles. The van der Waals surface area contributed by atoms with E-state index < -0.39 is 0 Å². The molecular weight excluding hydrogens is 362 g/mol. The fourth-order valence-corrected chi connectivity index (χ4v) is 4.12. The van der Waals surface area contributed by atoms with Crippen molar-refractivity contribution in [3.05, 3.63) is 35.9 Å². The summed E-state index contributed by atoms with van der Waals surface area (Å²) >= 11 is 1.47. The normalized spacial score (nSPS) is 15.6. The molecule has 0 spiro atoms. The fraction of sp³-hybridized carbons (Fsp3) is 0.526. The van der Waals surface area contributed by atoms with Crippen molar-refractivity contribution in [3.63, 3.8) is 0 Å². The number of carbonyl (C=O) groups excluding carboxylic acids is 1. The van der Waals surface area contributed by atoms with E-state index in [1.54, 1.807) is 4.90 Å². The first kappa shape index (κ1) is 19.7. The van der Waals surface area contributed by atoms with E-state index >= 15 is 0 Å². The SMILES string of the molecule is CCn1c(S[C@@H](C)C(=O)N(C)Cc2ccccc2)nnc1N1CCOCC1. The van der Waals surface area contributed by atoms with Crippen molar-refractivity contribution in [1.29, 1.82) is 0 Å². The zero-order chi connectivity index (χ0) is 19.2. The van der Waals surface area contributed by atoms with Gasteiger partial charge in [-0.05, 0) is 19.4 Å². The van der Waals surface area contributed by atoms with Crippen LogP contribution in [0.15, 0.2) is 35.5 Å². The molecule has 1 aliphatic heterocycles. The Morgan fingerprint density at radius 2 is 1.96 bits per heavy atom. The molecule has 1 atom stereocenters. The van der Waals surface area contributed by atoms with Crippen molar-refractivity contribution >= 4 is 23.6 Å². The third-order valence-corrected chi connectivity index (χ3v) is 5.64. The van der Waals surface area contributed by atoms with Crippen LogP contribution >= 0.6 is 11.8 Å². The summed E-state index contributed by atoms with van der Waals surface area (Å²) in [6.45, 7) is 8.42. The number of hydrogen-bond donors (Lipinski definition) is 0. The number of rotatable bonds is 7. The van der Waals surface area contributed by atoms with Crippen molar-refractivity contribution in [2.24, 2.45) is 0 Å². The van der Waals surface area contributed by atoms with Gasteiger partial charge in [-0.15, -0.1) is 10.2 Å². The quantitative estimate of drug-likeness (QED) is 0.677. The number of amides is 1. The molecule has 0 radical (unpaired) electrons. The topological polar surface area (TPSA) is 63.5 Å². The Morgan fingerprint density at radius 1 is 1.26 bits per heavy atom. The molecule has 0 N–H and O–H groups in total. The summed E-state index contributed by atoms with van der Waals surface area (Å²) in [5.41, 5.74) is 1.12. The number of nitrogens with zero attached hydrogens (tertiary/aromatic N) is 5. The summed E-state index contributed by atoms with van der Waals surface area (Å²) in [5, 5.41) is 9.28. The molecule has 0 aliphatic carbocycles. The lowest BCUT2D eigenvalue weighted by Gasteiger charge is -2.27. The van der Waals surface area contributed by atoms with Gasteiger partial charge < -0.3 is 14.5 Å². The smallest absolute Gasteiger partial charge is 0.235 e. The molecular formula is C19H27N5O2S. The molecule has 2 aromatic rings. The maximum absolute atomic E-state index is 12.8. The lowest BCUT2D eigenvalue weighted by Crippen LogP contribution is -2.38. The first-order valence-corrected chi connectivity index (χ1v) is 10.2. The molecule has 0 bridgehead atoms. The van der Waals surface area contributed by atoms with Gasteiger partial charge in [0.2, 0.25) is 11.9 Å². The molecule has 7 nitrogen and oxygen atoms in total. The lowest BCUT2D eigenvalue weighted by atomic mass is 10.2. The number of hydrogen-bond acceptors (Lipinski definition) is 6. The molecule has 1 amide bonds. The third-order valence-electron chi connectivity index (χ3n) is 4.58. The van der Waals surface area contributed by atoms with E-state index in [2.05, 4.69) is 26.6 Å². The van der Waals surface area contributed by atoms with Crippen molar-refractivity contribution in [3.8, 4) is 0 Å². The summed E-state index contributed by atoms with van der Waals surface area (Å²) in [4.78, 5) is 16.7. The summed E-state index contributed by atoms with van der Waals surface area (Å²) in [7, 11) is 1.84. The fourth-order valence-electron chi connectivity index (χ4n) is 3.10. The molecule has 27 heavy (non-hydrogen) atoms. The lowest BCUT2D eigenvalue weighted by molar-refractivity contribution is -0.129. The van der Waals surface area contributed by atoms with Gasteiger partial charge in [-0.2, -0.15) is 0 Å². The van der Waals surface area contributed by atoms with Gasteiger partial charge in [0.15, 0.2) is 5.16 Å². The van der Waals surface area contributed by atoms with Crippen LogP contribution in [-0.4, -0.2) is 64.2 Å². The van der Waals surface area contributed by atoms with E-state index in [4.69, 9.17) is 4.74 Å². The van der Waals surface area contributed by atoms with Crippen LogP contribution in [0.1, 0.15) is 19.4 Å². The second-order valence-electron chi connectivity index (χ2n) is 6.57. The summed E-state index contributed by atoms with van der Waals surface area (Å²) in [6.07, 6.45) is 0. The molecule has 1 aromatic heterocycles. The average molecular weight is 390 g/mol. The number of anilines is 1. The Hall–Kier alpha value is -2.06. The maximum Gasteiger partial charge on any atom is 0.235 e. The van der Waals surface area contributed by atoms with Crippen LogP contribution in [0.2, 0.25) is 0 Å². The van der Waals surface area contributed by atoms with Gasteiger partial charge in [0.1, 0.15) is 0 Å². The number of morpholine rings is 1. The molecule has 2 heterocycles. The molecule has 1 fully saturated rings. The minimum absolute atomic E-state index is 0.0856. The predicted octanol–water partition coefficient (Wildman–Crippen LogP) is 2.27. The number of ether oxygens (including phenoxy) is 1. The summed E-state index contributed by atoms with van der Waals surface area (Å²) in [5.74, 6) is 0.947. The van der Waals surface area contributed by atoms with Crippen LogP contribution < -0.4 is 4.90 Å². The van der Waals surface area contributed by atoms with Gasteiger partial charge >= 0.3 is 0 Å². The Bertz CT molecular complexity index is 746. The molecule has 1 aromatic carbocycles. The van der Waals surface area contributed by atoms with Gasteiger partial charge in [-0.1, -0.05) is 42.1 Å². The Kier molecular flexibility index (Phi) is 6.73. The Labute approximate surface area is 164 Å². The van der Waals surface area contributed by atoms with Crippen LogP contribution in [-0.2, 0) is 22.6 Å². The van der Waals surface area contributed by atoms with E-state index in [1.807, 2.05) is 44.3 Å². The molecule has 8 heteroatoms. The average Bonchev–Trinajstić information content (AvgIpc) is 3.11. The summed E-state index contributed by atoms with van der Waals surface area (Å²) < 4.78 is 7.50. The van der Waals surface area contributed by atoms with Crippen LogP contribution in [0, 0.1) is 0 Å². The van der Waals surface area contributed by atoms with Crippen molar-refractivity contribution in [2.75, 3.05) is 38.3 Å². The first-order chi connectivity index (χ1) is 13.1. The largest absolute Gasteiger partial charge is 0.378 e. The van der Waals surface area contributed by atoms with Crippen LogP contribution in [0.5, 0.6) is 0 Å². The predicted molar refractivity (Wildman–Crippen MR) is 107 cm³/mol. The van der Waals surface area contributed by atoms with Crippen molar-refractivity contribution in [2.45, 2.75) is 37.3 Å². The minimum atomic E-state index is -0.231. The van der Waals surface area contributed by atoms with Crippen molar-refractivity contribution in [1.82, 2.24) is 19.7 Å². The van der Waals surface area contributed by atoms with Crippen molar-refractivity contribution < 1.29 is 9.53 Å². The van der Waals surface area contributed by atoms with E-state index in [0.29, 0.717) is 19.8 Å². The number of benzene rings is 1. The maximum atomic E-state index is 12.8. The van der Waals surface area contributed by atoms with E-state index in [9.17, 15) is 4.79 Å². The second kappa shape index (κ2) is 9.23. The van der Waals surface area contributed by atoms with E-state index in [-0.39, 0.29) is 11.2 Å². The number of aromatic nitrogens is 3. The standard InChI is InChI=1S/C19H27N5O2S/c1-4-24-18(23-10-12-26-13-11-23)20-21-19(24)27-15(2)17(25)22(3)14-16-8-6-5-7-9-16/h5-9,15H,4,10-14H2,1-3H3/t15-/m0/s1. The van der Waals surface area contributed by atoms with Crippen LogP contribution in [0.3, 0.4) is 0 Å². The van der Waals surface area contributed by atoms with Gasteiger partial charge in [0.25, 0.3) is 0 Å². The van der Waals surface area contributed by atoms with E-state index in [0.717, 1.165) is 36.3 Å². The highest BCUT2D eigenvalue weighted by Crippen LogP contribution is 2.27. The third kappa shape index (κ3) is 4.81. The first-order valence-electron chi connectivity index (χ1n) is 9.31. The zero-order valence-electron chi connectivity index (χ0n) is 16.2. The van der Waals surface area contributed by atoms with Gasteiger partial charge in [0.05, 0.1) is 18.5 Å². The molecule has 3 rings (SSSR count). The number of thioether (sulfide) groups is 1. The Morgan fingerprint density at radius 3 is 2.63 bits per heavy atom. The highest BCUT2D eigenvalue weighted by Gasteiger charge is 2.24. The van der Waals surface area contributed by atoms with Crippen LogP contribution in [0.25, 0.3) is 0 Å². The highest BCUT2D eigenvalue weighted by atomic mass is 32.2. The van der Waals surface area contributed by atoms with Gasteiger partial charge in [-0.25, -0.2) is 0 Å². The monoisotopic (exact) mass is 389 g/mol. The van der Waals surface area contributed by atoms with E-state index in [1.165, 1.54) is 11.8 Å². The molecule has 0 unspecified atom stereocenters. The molecule has 146 valence electrons. The zero-order valence-corrected chi connectivity index (χ0v) is 17.0. The molecule has 0 saturated carbocycles. The molecule has 1 aliphatic rings. The second-order valence-corrected chi connectivity index (χ2v) is 7.87. The van der Waals surface area contributed by atoms with Gasteiger partial charge in [0, 0.05) is 33.2 Å². The minimum Gasteiger partial charge on any atom is -0.378 e. The number of carbonyl (C=O) groups is 1. The van der Waals surface area contributed by atoms with Gasteiger partial charge in [-0.3, -0.25) is 9.36 Å². The van der Waals surface area contributed by atoms with Crippen LogP contribution in [0.4, 0.5) is 5.95 Å². The Balaban J connectivity index is 1.65. The highest BCUT2D eigenvalue weighted by molar-refractivity contribution is 8.00.